The van der Waals surface area contributed by atoms with Gasteiger partial charge in [-0.2, -0.15) is 0 Å². The summed E-state index contributed by atoms with van der Waals surface area (Å²) in [5.41, 5.74) is 1.76. The summed E-state index contributed by atoms with van der Waals surface area (Å²) in [5.74, 6) is 0.0884. The van der Waals surface area contributed by atoms with E-state index in [9.17, 15) is 8.78 Å². The van der Waals surface area contributed by atoms with Crippen LogP contribution in [0.2, 0.25) is 0 Å². The van der Waals surface area contributed by atoms with Crippen LogP contribution in [0, 0.1) is 11.6 Å². The van der Waals surface area contributed by atoms with Crippen molar-refractivity contribution in [1.82, 2.24) is 14.9 Å². The van der Waals surface area contributed by atoms with Crippen molar-refractivity contribution in [2.45, 2.75) is 18.8 Å². The van der Waals surface area contributed by atoms with Crippen LogP contribution in [0.5, 0.6) is 0 Å². The number of piperidine rings is 1. The number of nitrogens with zero attached hydrogens (tertiary/aromatic N) is 3. The predicted octanol–water partition coefficient (Wildman–Crippen LogP) is 5.04. The maximum absolute atomic E-state index is 13.4. The summed E-state index contributed by atoms with van der Waals surface area (Å²) >= 11 is 1.34. The van der Waals surface area contributed by atoms with Gasteiger partial charge in [0.05, 0.1) is 4.88 Å². The van der Waals surface area contributed by atoms with Gasteiger partial charge < -0.3 is 10.2 Å². The molecule has 0 amide bonds. The van der Waals surface area contributed by atoms with E-state index in [1.165, 1.54) is 29.0 Å². The van der Waals surface area contributed by atoms with Crippen LogP contribution >= 0.6 is 11.3 Å². The highest BCUT2D eigenvalue weighted by Crippen LogP contribution is 2.32. The molecule has 0 aliphatic carbocycles. The van der Waals surface area contributed by atoms with Gasteiger partial charge in [0.2, 0.25) is 0 Å². The molecule has 1 saturated heterocycles. The summed E-state index contributed by atoms with van der Waals surface area (Å²) < 4.78 is 26.9. The summed E-state index contributed by atoms with van der Waals surface area (Å²) in [4.78, 5) is 11.7. The Labute approximate surface area is 160 Å². The quantitative estimate of drug-likeness (QED) is 0.682. The average Bonchev–Trinajstić information content (AvgIpc) is 3.10. The van der Waals surface area contributed by atoms with Crippen LogP contribution in [-0.4, -0.2) is 35.0 Å². The Bertz CT molecular complexity index is 915. The highest BCUT2D eigenvalue weighted by molar-refractivity contribution is 7.18. The smallest absolute Gasteiger partial charge is 0.188 e. The largest absolute Gasteiger partial charge is 0.316 e. The Morgan fingerprint density at radius 3 is 2.56 bits per heavy atom. The number of likely N-dealkylation sites (tertiary alicyclic amines) is 1. The lowest BCUT2D eigenvalue weighted by molar-refractivity contribution is 0.255. The molecule has 1 N–H and O–H groups in total. The van der Waals surface area contributed by atoms with Crippen molar-refractivity contribution in [1.29, 1.82) is 0 Å². The first-order chi connectivity index (χ1) is 13.1. The number of benzene rings is 1. The highest BCUT2D eigenvalue weighted by Gasteiger charge is 2.19. The van der Waals surface area contributed by atoms with Gasteiger partial charge in [0.1, 0.15) is 17.5 Å². The fraction of sp³-hybridized carbons (Fsp3) is 0.300. The molecule has 0 unspecified atom stereocenters. The molecule has 0 spiro atoms. The van der Waals surface area contributed by atoms with Crippen molar-refractivity contribution in [3.63, 3.8) is 0 Å². The molecule has 1 aliphatic rings. The van der Waals surface area contributed by atoms with Crippen LogP contribution in [0.25, 0.3) is 10.4 Å². The molecular weight excluding hydrogens is 366 g/mol. The molecule has 0 atom stereocenters. The first kappa shape index (κ1) is 18.0. The zero-order chi connectivity index (χ0) is 18.8. The monoisotopic (exact) mass is 386 g/mol. The maximum Gasteiger partial charge on any atom is 0.188 e. The number of hydrogen-bond acceptors (Lipinski definition) is 5. The Balaban J connectivity index is 1.50. The molecule has 27 heavy (non-hydrogen) atoms. The van der Waals surface area contributed by atoms with Crippen molar-refractivity contribution in [2.24, 2.45) is 0 Å². The lowest BCUT2D eigenvalue weighted by Crippen LogP contribution is -2.29. The highest BCUT2D eigenvalue weighted by atomic mass is 32.1. The molecule has 0 bridgehead atoms. The van der Waals surface area contributed by atoms with Gasteiger partial charge in [-0.3, -0.25) is 0 Å². The molecule has 7 heteroatoms. The molecule has 4 rings (SSSR count). The van der Waals surface area contributed by atoms with Crippen LogP contribution in [0.15, 0.2) is 42.7 Å². The number of anilines is 2. The Morgan fingerprint density at radius 2 is 1.81 bits per heavy atom. The van der Waals surface area contributed by atoms with E-state index in [1.807, 2.05) is 6.20 Å². The van der Waals surface area contributed by atoms with E-state index >= 15 is 0 Å². The fourth-order valence-corrected chi connectivity index (χ4v) is 4.19. The molecule has 1 fully saturated rings. The molecule has 3 heterocycles. The summed E-state index contributed by atoms with van der Waals surface area (Å²) in [6, 6.07) is 7.61. The summed E-state index contributed by atoms with van der Waals surface area (Å²) in [7, 11) is 2.15. The number of halogens is 2. The fourth-order valence-electron chi connectivity index (χ4n) is 3.38. The van der Waals surface area contributed by atoms with E-state index in [0.29, 0.717) is 21.5 Å². The minimum atomic E-state index is -0.597. The third-order valence-electron chi connectivity index (χ3n) is 4.86. The van der Waals surface area contributed by atoms with Crippen molar-refractivity contribution in [3.05, 3.63) is 59.9 Å². The van der Waals surface area contributed by atoms with Crippen molar-refractivity contribution < 1.29 is 8.78 Å². The molecule has 3 aromatic rings. The number of pyridine rings is 1. The second kappa shape index (κ2) is 7.70. The predicted molar refractivity (Wildman–Crippen MR) is 104 cm³/mol. The van der Waals surface area contributed by atoms with Gasteiger partial charge in [-0.05, 0) is 74.3 Å². The SMILES string of the molecule is CN1CCC(c2ccnc(Nc3ncc(-c4cc(F)cc(F)c4)s3)c2)CC1. The number of hydrogen-bond donors (Lipinski definition) is 1. The topological polar surface area (TPSA) is 41.1 Å². The zero-order valence-corrected chi connectivity index (χ0v) is 15.8. The molecule has 0 radical (unpaired) electrons. The number of nitrogens with one attached hydrogen (secondary N) is 1. The molecule has 4 nitrogen and oxygen atoms in total. The van der Waals surface area contributed by atoms with E-state index in [4.69, 9.17) is 0 Å². The Kier molecular flexibility index (Phi) is 5.13. The molecule has 140 valence electrons. The van der Waals surface area contributed by atoms with E-state index in [1.54, 1.807) is 6.20 Å². The van der Waals surface area contributed by atoms with E-state index in [-0.39, 0.29) is 0 Å². The number of thiazole rings is 1. The van der Waals surface area contributed by atoms with E-state index in [0.717, 1.165) is 37.8 Å². The minimum Gasteiger partial charge on any atom is -0.316 e. The Hall–Kier alpha value is -2.38. The molecule has 2 aromatic heterocycles. The molecule has 1 aromatic carbocycles. The van der Waals surface area contributed by atoms with E-state index in [2.05, 4.69) is 39.4 Å². The minimum absolute atomic E-state index is 0.478. The molecular formula is C20H20F2N4S. The average molecular weight is 386 g/mol. The lowest BCUT2D eigenvalue weighted by Gasteiger charge is -2.29. The van der Waals surface area contributed by atoms with Gasteiger partial charge >= 0.3 is 0 Å². The third-order valence-corrected chi connectivity index (χ3v) is 5.82. The number of aromatic nitrogens is 2. The second-order valence-corrected chi connectivity index (χ2v) is 7.90. The first-order valence-corrected chi connectivity index (χ1v) is 9.72. The van der Waals surface area contributed by atoms with E-state index < -0.39 is 11.6 Å². The van der Waals surface area contributed by atoms with Gasteiger partial charge in [-0.15, -0.1) is 0 Å². The summed E-state index contributed by atoms with van der Waals surface area (Å²) in [6.07, 6.45) is 5.72. The van der Waals surface area contributed by atoms with Crippen molar-refractivity contribution in [3.8, 4) is 10.4 Å². The third kappa shape index (κ3) is 4.31. The maximum atomic E-state index is 13.4. The van der Waals surface area contributed by atoms with Crippen molar-refractivity contribution >= 4 is 22.3 Å². The van der Waals surface area contributed by atoms with Crippen LogP contribution < -0.4 is 5.32 Å². The summed E-state index contributed by atoms with van der Waals surface area (Å²) in [5, 5.41) is 3.85. The van der Waals surface area contributed by atoms with Crippen LogP contribution in [-0.2, 0) is 0 Å². The standard InChI is InChI=1S/C20H20F2N4S/c1-26-6-3-13(4-7-26)14-2-5-23-19(10-14)25-20-24-12-18(27-20)15-8-16(21)11-17(22)9-15/h2,5,8-13H,3-4,6-7H2,1H3,(H,23,24,25). The van der Waals surface area contributed by atoms with Gasteiger partial charge in [0.25, 0.3) is 0 Å². The lowest BCUT2D eigenvalue weighted by atomic mass is 9.90. The van der Waals surface area contributed by atoms with Crippen LogP contribution in [0.1, 0.15) is 24.3 Å². The van der Waals surface area contributed by atoms with Crippen LogP contribution in [0.4, 0.5) is 19.7 Å². The second-order valence-electron chi connectivity index (χ2n) is 6.86. The van der Waals surface area contributed by atoms with Gasteiger partial charge in [0, 0.05) is 18.5 Å². The Morgan fingerprint density at radius 1 is 1.07 bits per heavy atom. The van der Waals surface area contributed by atoms with Crippen LogP contribution in [0.3, 0.4) is 0 Å². The molecule has 1 aliphatic heterocycles. The summed E-state index contributed by atoms with van der Waals surface area (Å²) in [6.45, 7) is 2.21. The van der Waals surface area contributed by atoms with Crippen molar-refractivity contribution in [2.75, 3.05) is 25.5 Å². The normalized spacial score (nSPS) is 15.8. The zero-order valence-electron chi connectivity index (χ0n) is 15.0. The van der Waals surface area contributed by atoms with Gasteiger partial charge in [0.15, 0.2) is 5.13 Å². The molecule has 0 saturated carbocycles. The van der Waals surface area contributed by atoms with Gasteiger partial charge in [-0.1, -0.05) is 11.3 Å². The number of rotatable bonds is 4. The first-order valence-electron chi connectivity index (χ1n) is 8.90. The van der Waals surface area contributed by atoms with Gasteiger partial charge in [-0.25, -0.2) is 18.7 Å².